The van der Waals surface area contributed by atoms with Gasteiger partial charge in [0.2, 0.25) is 0 Å². The number of carbonyl (C=O) groups is 2. The van der Waals surface area contributed by atoms with E-state index < -0.39 is 6.10 Å². The van der Waals surface area contributed by atoms with Crippen molar-refractivity contribution in [1.29, 1.82) is 0 Å². The molecule has 1 aromatic carbocycles. The summed E-state index contributed by atoms with van der Waals surface area (Å²) in [6, 6.07) is 7.18. The first-order valence-electron chi connectivity index (χ1n) is 8.57. The van der Waals surface area contributed by atoms with Crippen molar-refractivity contribution >= 4 is 11.7 Å². The lowest BCUT2D eigenvalue weighted by Crippen LogP contribution is -2.30. The van der Waals surface area contributed by atoms with E-state index in [-0.39, 0.29) is 17.6 Å². The average Bonchev–Trinajstić information content (AvgIpc) is 3.28. The highest BCUT2D eigenvalue weighted by molar-refractivity contribution is 6.05. The van der Waals surface area contributed by atoms with E-state index in [2.05, 4.69) is 5.16 Å². The van der Waals surface area contributed by atoms with Crippen LogP contribution in [0.1, 0.15) is 44.2 Å². The third kappa shape index (κ3) is 2.87. The number of aromatic nitrogens is 1. The second kappa shape index (κ2) is 6.11. The number of aliphatic hydroxyl groups is 1. The Labute approximate surface area is 145 Å². The molecule has 25 heavy (non-hydrogen) atoms. The van der Waals surface area contributed by atoms with E-state index in [0.717, 1.165) is 17.0 Å². The largest absolute Gasteiger partial charge is 0.391 e. The summed E-state index contributed by atoms with van der Waals surface area (Å²) in [6.07, 6.45) is 1.05. The van der Waals surface area contributed by atoms with E-state index in [1.807, 2.05) is 13.0 Å². The zero-order valence-electron chi connectivity index (χ0n) is 14.1. The lowest BCUT2D eigenvalue weighted by molar-refractivity contribution is 0.0763. The topological polar surface area (TPSA) is 83.6 Å². The molecule has 2 aliphatic rings. The fourth-order valence-electron chi connectivity index (χ4n) is 3.85. The number of hydrogen-bond acceptors (Lipinski definition) is 5. The number of Topliss-reactive ketones (excluding diaryl/α,β-unsaturated/α-hetero) is 1. The quantitative estimate of drug-likeness (QED) is 0.921. The molecule has 1 aliphatic heterocycles. The van der Waals surface area contributed by atoms with Crippen molar-refractivity contribution in [3.63, 3.8) is 0 Å². The molecule has 4 rings (SSSR count). The fraction of sp³-hybridized carbons (Fsp3) is 0.421. The van der Waals surface area contributed by atoms with Gasteiger partial charge in [-0.15, -0.1) is 0 Å². The van der Waals surface area contributed by atoms with Gasteiger partial charge in [-0.05, 0) is 25.0 Å². The van der Waals surface area contributed by atoms with Gasteiger partial charge in [-0.25, -0.2) is 0 Å². The molecule has 6 heteroatoms. The Morgan fingerprint density at radius 1 is 1.36 bits per heavy atom. The monoisotopic (exact) mass is 340 g/mol. The van der Waals surface area contributed by atoms with Crippen molar-refractivity contribution in [1.82, 2.24) is 10.1 Å². The van der Waals surface area contributed by atoms with Gasteiger partial charge in [0.25, 0.3) is 5.91 Å². The van der Waals surface area contributed by atoms with Crippen molar-refractivity contribution in [2.75, 3.05) is 13.1 Å². The van der Waals surface area contributed by atoms with Crippen LogP contribution in [0.3, 0.4) is 0 Å². The van der Waals surface area contributed by atoms with Gasteiger partial charge in [0, 0.05) is 49.0 Å². The van der Waals surface area contributed by atoms with Gasteiger partial charge < -0.3 is 14.5 Å². The normalized spacial score (nSPS) is 22.5. The minimum Gasteiger partial charge on any atom is -0.391 e. The molecule has 130 valence electrons. The van der Waals surface area contributed by atoms with E-state index in [1.165, 1.54) is 0 Å². The van der Waals surface area contributed by atoms with E-state index >= 15 is 0 Å². The number of aryl methyl sites for hydroxylation is 1. The van der Waals surface area contributed by atoms with Crippen LogP contribution in [0, 0.1) is 12.8 Å². The molecular weight excluding hydrogens is 320 g/mol. The van der Waals surface area contributed by atoms with E-state index in [0.29, 0.717) is 43.5 Å². The van der Waals surface area contributed by atoms with Crippen LogP contribution >= 0.6 is 0 Å². The van der Waals surface area contributed by atoms with Crippen LogP contribution in [0.5, 0.6) is 0 Å². The summed E-state index contributed by atoms with van der Waals surface area (Å²) in [5.41, 5.74) is 2.91. The minimum atomic E-state index is -0.590. The molecule has 1 fully saturated rings. The minimum absolute atomic E-state index is 0.0744. The number of rotatable bonds is 3. The van der Waals surface area contributed by atoms with Crippen LogP contribution in [0.2, 0.25) is 0 Å². The molecule has 0 unspecified atom stereocenters. The average molecular weight is 340 g/mol. The number of likely N-dealkylation sites (tertiary alicyclic amines) is 1. The number of amides is 1. The Morgan fingerprint density at radius 2 is 2.20 bits per heavy atom. The lowest BCUT2D eigenvalue weighted by atomic mass is 10.0. The third-order valence-electron chi connectivity index (χ3n) is 5.14. The first kappa shape index (κ1) is 16.0. The molecule has 6 nitrogen and oxygen atoms in total. The Kier molecular flexibility index (Phi) is 3.92. The highest BCUT2D eigenvalue weighted by Gasteiger charge is 2.36. The number of β-amino-alcohol motifs (C(OH)–C–C–N with tert-alkyl or cyclic N) is 1. The Hall–Kier alpha value is -2.47. The predicted octanol–water partition coefficient (Wildman–Crippen LogP) is 1.79. The van der Waals surface area contributed by atoms with Gasteiger partial charge in [-0.3, -0.25) is 9.59 Å². The van der Waals surface area contributed by atoms with Crippen LogP contribution in [0.15, 0.2) is 28.8 Å². The highest BCUT2D eigenvalue weighted by Crippen LogP contribution is 2.29. The molecule has 1 amide bonds. The van der Waals surface area contributed by atoms with Gasteiger partial charge in [0.15, 0.2) is 5.78 Å². The standard InChI is InChI=1S/C19H20N2O4/c1-11-7-13(25-20-11)8-12-9-21(10-18(12)23)19(24)16-4-2-3-15-14(16)5-6-17(15)22/h2-4,7,12,18,23H,5-6,8-10H2,1H3/t12-,18+/m1/s1. The first-order chi connectivity index (χ1) is 12.0. The molecule has 1 N–H and O–H groups in total. The lowest BCUT2D eigenvalue weighted by Gasteiger charge is -2.18. The molecule has 0 spiro atoms. The zero-order chi connectivity index (χ0) is 17.6. The van der Waals surface area contributed by atoms with Crippen LogP contribution in [-0.4, -0.2) is 46.0 Å². The first-order valence-corrected chi connectivity index (χ1v) is 8.57. The molecule has 2 aromatic rings. The van der Waals surface area contributed by atoms with Crippen LogP contribution in [0.25, 0.3) is 0 Å². The smallest absolute Gasteiger partial charge is 0.254 e. The number of carbonyl (C=O) groups excluding carboxylic acids is 2. The molecule has 0 saturated carbocycles. The van der Waals surface area contributed by atoms with Crippen molar-refractivity contribution in [3.8, 4) is 0 Å². The van der Waals surface area contributed by atoms with Crippen molar-refractivity contribution < 1.29 is 19.2 Å². The van der Waals surface area contributed by atoms with E-state index in [4.69, 9.17) is 4.52 Å². The molecule has 2 heterocycles. The van der Waals surface area contributed by atoms with Crippen molar-refractivity contribution in [2.24, 2.45) is 5.92 Å². The van der Waals surface area contributed by atoms with Crippen LogP contribution < -0.4 is 0 Å². The summed E-state index contributed by atoms with van der Waals surface area (Å²) in [6.45, 7) is 2.62. The van der Waals surface area contributed by atoms with Crippen molar-refractivity contribution in [2.45, 2.75) is 32.3 Å². The number of hydrogen-bond donors (Lipinski definition) is 1. The molecular formula is C19H20N2O4. The van der Waals surface area contributed by atoms with E-state index in [1.54, 1.807) is 23.1 Å². The highest BCUT2D eigenvalue weighted by atomic mass is 16.5. The Morgan fingerprint density at radius 3 is 2.96 bits per heavy atom. The maximum atomic E-state index is 12.9. The van der Waals surface area contributed by atoms with Gasteiger partial charge in [-0.2, -0.15) is 0 Å². The second-order valence-corrected chi connectivity index (χ2v) is 6.93. The molecule has 1 saturated heterocycles. The summed E-state index contributed by atoms with van der Waals surface area (Å²) in [5, 5.41) is 14.2. The molecule has 0 radical (unpaired) electrons. The maximum absolute atomic E-state index is 12.9. The van der Waals surface area contributed by atoms with Gasteiger partial charge in [0.05, 0.1) is 11.8 Å². The number of ketones is 1. The summed E-state index contributed by atoms with van der Waals surface area (Å²) in [4.78, 5) is 26.5. The fourth-order valence-corrected chi connectivity index (χ4v) is 3.85. The van der Waals surface area contributed by atoms with Crippen molar-refractivity contribution in [3.05, 3.63) is 52.4 Å². The molecule has 2 atom stereocenters. The summed E-state index contributed by atoms with van der Waals surface area (Å²) in [5.74, 6) is 0.642. The van der Waals surface area contributed by atoms with Gasteiger partial charge in [0.1, 0.15) is 5.76 Å². The summed E-state index contributed by atoms with van der Waals surface area (Å²) < 4.78 is 5.23. The van der Waals surface area contributed by atoms with Crippen LogP contribution in [0.4, 0.5) is 0 Å². The number of nitrogens with zero attached hydrogens (tertiary/aromatic N) is 2. The number of benzene rings is 1. The number of fused-ring (bicyclic) bond motifs is 1. The maximum Gasteiger partial charge on any atom is 0.254 e. The SMILES string of the molecule is Cc1cc(C[C@@H]2CN(C(=O)c3cccc4c3CCC4=O)C[C@@H]2O)on1. The Bertz CT molecular complexity index is 842. The van der Waals surface area contributed by atoms with Gasteiger partial charge in [-0.1, -0.05) is 17.3 Å². The molecule has 1 aromatic heterocycles. The second-order valence-electron chi connectivity index (χ2n) is 6.93. The summed E-state index contributed by atoms with van der Waals surface area (Å²) in [7, 11) is 0. The Balaban J connectivity index is 1.51. The zero-order valence-corrected chi connectivity index (χ0v) is 14.1. The molecule has 1 aliphatic carbocycles. The van der Waals surface area contributed by atoms with Crippen LogP contribution in [-0.2, 0) is 12.8 Å². The third-order valence-corrected chi connectivity index (χ3v) is 5.14. The van der Waals surface area contributed by atoms with E-state index in [9.17, 15) is 14.7 Å². The van der Waals surface area contributed by atoms with Gasteiger partial charge >= 0.3 is 0 Å². The predicted molar refractivity (Wildman–Crippen MR) is 89.4 cm³/mol. The summed E-state index contributed by atoms with van der Waals surface area (Å²) >= 11 is 0. The number of aliphatic hydroxyl groups excluding tert-OH is 1. The molecule has 0 bridgehead atoms.